The average molecular weight is 536 g/mol. The van der Waals surface area contributed by atoms with E-state index in [1.807, 2.05) is 41.5 Å². The van der Waals surface area contributed by atoms with Crippen LogP contribution in [0.2, 0.25) is 0 Å². The highest BCUT2D eigenvalue weighted by molar-refractivity contribution is 5.78. The maximum atomic E-state index is 12.7. The molecule has 0 aliphatic carbocycles. The smallest absolute Gasteiger partial charge is 0.321 e. The van der Waals surface area contributed by atoms with Crippen LogP contribution in [0.3, 0.4) is 0 Å². The Hall–Kier alpha value is -2.94. The van der Waals surface area contributed by atoms with Crippen LogP contribution in [0.5, 0.6) is 11.5 Å². The summed E-state index contributed by atoms with van der Waals surface area (Å²) in [6.45, 7) is 18.2. The number of carbonyl (C=O) groups excluding carboxylic acids is 3. The van der Waals surface area contributed by atoms with Gasteiger partial charge in [-0.2, -0.15) is 0 Å². The van der Waals surface area contributed by atoms with Gasteiger partial charge >= 0.3 is 23.9 Å². The Kier molecular flexibility index (Phi) is 11.1. The summed E-state index contributed by atoms with van der Waals surface area (Å²) >= 11 is 0. The summed E-state index contributed by atoms with van der Waals surface area (Å²) in [5.74, 6) is -3.98. The SMILES string of the molecule is CC(COC(=O)C(C)(C)C)C(c1ccc(OC(=O)CC(C)(C)C)c(OC(=O)CC(C)(C)C)c1)[C@H](N)C(=O)O. The van der Waals surface area contributed by atoms with Gasteiger partial charge in [0.1, 0.15) is 6.04 Å². The number of hydrogen-bond donors (Lipinski definition) is 2. The second kappa shape index (κ2) is 12.7. The lowest BCUT2D eigenvalue weighted by Gasteiger charge is -2.29. The molecule has 0 radical (unpaired) electrons. The molecule has 0 aromatic heterocycles. The van der Waals surface area contributed by atoms with Crippen molar-refractivity contribution < 1.29 is 38.5 Å². The van der Waals surface area contributed by atoms with Gasteiger partial charge in [0.05, 0.1) is 24.9 Å². The van der Waals surface area contributed by atoms with Gasteiger partial charge in [-0.25, -0.2) is 0 Å². The molecule has 0 heterocycles. The van der Waals surface area contributed by atoms with Crippen molar-refractivity contribution in [2.75, 3.05) is 6.61 Å². The van der Waals surface area contributed by atoms with E-state index in [1.165, 1.54) is 12.1 Å². The van der Waals surface area contributed by atoms with Gasteiger partial charge in [0.25, 0.3) is 0 Å². The van der Waals surface area contributed by atoms with Gasteiger partial charge < -0.3 is 25.1 Å². The standard InChI is InChI=1S/C29H45NO8/c1-17(16-36-26(35)29(8,9)10)23(24(30)25(33)34)18-11-12-19(37-21(31)14-27(2,3)4)20(13-18)38-22(32)15-28(5,6)7/h11-13,17,23-24H,14-16,30H2,1-10H3,(H,33,34)/t17?,23?,24-/m0/s1. The van der Waals surface area contributed by atoms with Crippen molar-refractivity contribution in [3.8, 4) is 11.5 Å². The molecule has 0 amide bonds. The van der Waals surface area contributed by atoms with Crippen molar-refractivity contribution in [2.24, 2.45) is 27.9 Å². The van der Waals surface area contributed by atoms with E-state index >= 15 is 0 Å². The molecule has 1 aromatic rings. The van der Waals surface area contributed by atoms with Crippen LogP contribution in [0, 0.1) is 22.2 Å². The summed E-state index contributed by atoms with van der Waals surface area (Å²) in [5.41, 5.74) is 5.12. The highest BCUT2D eigenvalue weighted by Crippen LogP contribution is 2.37. The molecular weight excluding hydrogens is 490 g/mol. The first-order valence-corrected chi connectivity index (χ1v) is 12.8. The van der Waals surface area contributed by atoms with Crippen LogP contribution in [-0.2, 0) is 23.9 Å². The summed E-state index contributed by atoms with van der Waals surface area (Å²) in [6.07, 6.45) is 0.233. The van der Waals surface area contributed by atoms with Gasteiger partial charge in [-0.3, -0.25) is 19.2 Å². The predicted octanol–water partition coefficient (Wildman–Crippen LogP) is 5.09. The van der Waals surface area contributed by atoms with Gasteiger partial charge in [0.2, 0.25) is 0 Å². The van der Waals surface area contributed by atoms with Crippen molar-refractivity contribution in [3.63, 3.8) is 0 Å². The maximum absolute atomic E-state index is 12.7. The molecule has 0 fully saturated rings. The minimum absolute atomic E-state index is 0.0134. The number of carboxylic acid groups (broad SMARTS) is 1. The van der Waals surface area contributed by atoms with Crippen LogP contribution >= 0.6 is 0 Å². The molecule has 1 rings (SSSR count). The first kappa shape index (κ1) is 33.1. The fraction of sp³-hybridized carbons (Fsp3) is 0.655. The molecule has 2 unspecified atom stereocenters. The highest BCUT2D eigenvalue weighted by atomic mass is 16.6. The minimum Gasteiger partial charge on any atom is -0.480 e. The number of aliphatic carboxylic acids is 1. The van der Waals surface area contributed by atoms with Crippen molar-refractivity contribution in [3.05, 3.63) is 23.8 Å². The molecule has 0 saturated carbocycles. The van der Waals surface area contributed by atoms with Gasteiger partial charge in [-0.1, -0.05) is 54.5 Å². The number of ether oxygens (including phenoxy) is 3. The number of hydrogen-bond acceptors (Lipinski definition) is 8. The summed E-state index contributed by atoms with van der Waals surface area (Å²) in [7, 11) is 0. The van der Waals surface area contributed by atoms with Gasteiger partial charge in [0, 0.05) is 5.92 Å². The normalized spacial score (nSPS) is 14.7. The molecule has 3 atom stereocenters. The summed E-state index contributed by atoms with van der Waals surface area (Å²) in [5, 5.41) is 9.71. The van der Waals surface area contributed by atoms with E-state index in [1.54, 1.807) is 33.8 Å². The third-order valence-corrected chi connectivity index (χ3v) is 5.52. The van der Waals surface area contributed by atoms with Crippen molar-refractivity contribution in [1.82, 2.24) is 0 Å². The second-order valence-corrected chi connectivity index (χ2v) is 13.3. The number of carbonyl (C=O) groups is 4. The molecule has 214 valence electrons. The molecule has 0 aliphatic heterocycles. The highest BCUT2D eigenvalue weighted by Gasteiger charge is 2.34. The molecule has 0 aliphatic rings. The van der Waals surface area contributed by atoms with E-state index in [0.717, 1.165) is 0 Å². The number of nitrogens with two attached hydrogens (primary N) is 1. The monoisotopic (exact) mass is 535 g/mol. The molecule has 0 bridgehead atoms. The summed E-state index contributed by atoms with van der Waals surface area (Å²) in [4.78, 5) is 49.4. The Balaban J connectivity index is 3.45. The predicted molar refractivity (Wildman–Crippen MR) is 144 cm³/mol. The van der Waals surface area contributed by atoms with E-state index in [4.69, 9.17) is 19.9 Å². The Morgan fingerprint density at radius 1 is 0.842 bits per heavy atom. The maximum Gasteiger partial charge on any atom is 0.321 e. The van der Waals surface area contributed by atoms with Gasteiger partial charge in [0.15, 0.2) is 11.5 Å². The summed E-state index contributed by atoms with van der Waals surface area (Å²) < 4.78 is 16.6. The van der Waals surface area contributed by atoms with Crippen LogP contribution in [0.4, 0.5) is 0 Å². The number of benzene rings is 1. The number of rotatable bonds is 10. The third-order valence-electron chi connectivity index (χ3n) is 5.52. The molecular formula is C29H45NO8. The van der Waals surface area contributed by atoms with Crippen molar-refractivity contribution >= 4 is 23.9 Å². The lowest BCUT2D eigenvalue weighted by Crippen LogP contribution is -2.41. The fourth-order valence-electron chi connectivity index (χ4n) is 3.65. The lowest BCUT2D eigenvalue weighted by atomic mass is 9.82. The average Bonchev–Trinajstić information content (AvgIpc) is 2.70. The minimum atomic E-state index is -1.34. The topological polar surface area (TPSA) is 142 Å². The van der Waals surface area contributed by atoms with Crippen LogP contribution < -0.4 is 15.2 Å². The van der Waals surface area contributed by atoms with Gasteiger partial charge in [-0.05, 0) is 55.2 Å². The molecule has 1 aromatic carbocycles. The van der Waals surface area contributed by atoms with E-state index < -0.39 is 47.2 Å². The van der Waals surface area contributed by atoms with E-state index in [9.17, 15) is 24.3 Å². The zero-order valence-electron chi connectivity index (χ0n) is 24.5. The number of esters is 3. The quantitative estimate of drug-likeness (QED) is 0.309. The van der Waals surface area contributed by atoms with E-state index in [-0.39, 0.29) is 41.8 Å². The molecule has 9 heteroatoms. The molecule has 0 spiro atoms. The van der Waals surface area contributed by atoms with Crippen LogP contribution in [-0.4, -0.2) is 41.6 Å². The zero-order valence-corrected chi connectivity index (χ0v) is 24.5. The summed E-state index contributed by atoms with van der Waals surface area (Å²) in [6, 6.07) is 3.17. The fourth-order valence-corrected chi connectivity index (χ4v) is 3.65. The third kappa shape index (κ3) is 11.2. The molecule has 3 N–H and O–H groups in total. The number of carboxylic acids is 1. The molecule has 9 nitrogen and oxygen atoms in total. The van der Waals surface area contributed by atoms with Crippen molar-refractivity contribution in [1.29, 1.82) is 0 Å². The first-order chi connectivity index (χ1) is 17.1. The Morgan fingerprint density at radius 3 is 1.74 bits per heavy atom. The zero-order chi connectivity index (χ0) is 29.6. The Morgan fingerprint density at radius 2 is 1.32 bits per heavy atom. The lowest BCUT2D eigenvalue weighted by molar-refractivity contribution is -0.154. The second-order valence-electron chi connectivity index (χ2n) is 13.3. The first-order valence-electron chi connectivity index (χ1n) is 12.8. The molecule has 38 heavy (non-hydrogen) atoms. The van der Waals surface area contributed by atoms with E-state index in [2.05, 4.69) is 0 Å². The van der Waals surface area contributed by atoms with Crippen LogP contribution in [0.25, 0.3) is 0 Å². The molecule has 0 saturated heterocycles. The Labute approximate surface area is 226 Å². The van der Waals surface area contributed by atoms with E-state index in [0.29, 0.717) is 5.56 Å². The largest absolute Gasteiger partial charge is 0.480 e. The van der Waals surface area contributed by atoms with Crippen molar-refractivity contribution in [2.45, 2.75) is 94.0 Å². The van der Waals surface area contributed by atoms with Gasteiger partial charge in [-0.15, -0.1) is 0 Å². The van der Waals surface area contributed by atoms with Crippen LogP contribution in [0.1, 0.15) is 93.6 Å². The Bertz CT molecular complexity index is 1010. The van der Waals surface area contributed by atoms with Crippen LogP contribution in [0.15, 0.2) is 18.2 Å².